The molecule has 0 heterocycles. The summed E-state index contributed by atoms with van der Waals surface area (Å²) in [4.78, 5) is 0.599. The van der Waals surface area contributed by atoms with Crippen molar-refractivity contribution in [2.45, 2.75) is 33.4 Å². The van der Waals surface area contributed by atoms with Crippen LogP contribution in [0.4, 0.5) is 34.1 Å². The van der Waals surface area contributed by atoms with Crippen molar-refractivity contribution in [2.75, 3.05) is 19.5 Å². The first kappa shape index (κ1) is 58.1. The van der Waals surface area contributed by atoms with Crippen molar-refractivity contribution in [3.8, 4) is 11.5 Å². The summed E-state index contributed by atoms with van der Waals surface area (Å²) in [6, 6.07) is 15.6. The number of nitrogens with one attached hydrogen (secondary N) is 1. The summed E-state index contributed by atoms with van der Waals surface area (Å²) >= 11 is 0. The van der Waals surface area contributed by atoms with Crippen LogP contribution in [0.1, 0.15) is 11.1 Å². The van der Waals surface area contributed by atoms with E-state index in [9.17, 15) is 57.0 Å². The van der Waals surface area contributed by atoms with Gasteiger partial charge in [-0.1, -0.05) is 12.1 Å². The Morgan fingerprint density at radius 1 is 0.545 bits per heavy atom. The van der Waals surface area contributed by atoms with Gasteiger partial charge in [-0.3, -0.25) is 4.55 Å². The number of benzene rings is 6. The van der Waals surface area contributed by atoms with Crippen LogP contribution in [-0.4, -0.2) is 72.1 Å². The third-order valence-electron chi connectivity index (χ3n) is 8.90. The Kier molecular flexibility index (Phi) is 19.7. The van der Waals surface area contributed by atoms with Gasteiger partial charge in [0, 0.05) is 22.9 Å². The van der Waals surface area contributed by atoms with E-state index >= 15 is 0 Å². The Bertz CT molecular complexity index is 3420. The minimum Gasteiger partial charge on any atom is -0.846 e. The van der Waals surface area contributed by atoms with E-state index in [-0.39, 0.29) is 143 Å². The fraction of sp³-hybridized carbons (Fsp3) is 0.108. The van der Waals surface area contributed by atoms with Crippen molar-refractivity contribution in [1.29, 1.82) is 0 Å². The SMILES string of the molecule is COc1cc(N=Nc2ccc3cc(S(=O)(=O)[O-])cc(S(=O)(=O)[O-])c3c2)c(C)cc1N=C([O-])Nc1cc(C)c(N=Nc2ccc3cc(S(=O)(=O)[O-])cc(S(=O)(=O)O)c3c2)cc1OC.[Li+].[Li+].[Li+].[Li+]. The molecule has 66 heavy (non-hydrogen) atoms. The zero-order valence-corrected chi connectivity index (χ0v) is 39.4. The average molecular weight is 953 g/mol. The summed E-state index contributed by atoms with van der Waals surface area (Å²) in [5, 5.41) is 32.1. The van der Waals surface area contributed by atoms with Crippen LogP contribution >= 0.6 is 0 Å². The molecule has 0 aliphatic carbocycles. The third-order valence-corrected chi connectivity index (χ3v) is 12.3. The third kappa shape index (κ3) is 13.6. The van der Waals surface area contributed by atoms with Crippen molar-refractivity contribution in [3.05, 3.63) is 96.1 Å². The molecule has 0 aromatic heterocycles. The number of hydrogen-bond acceptors (Lipinski definition) is 19. The quantitative estimate of drug-likeness (QED) is 0.0379. The normalized spacial score (nSPS) is 12.3. The summed E-state index contributed by atoms with van der Waals surface area (Å²) in [6.07, 6.45) is 0. The first-order valence-corrected chi connectivity index (χ1v) is 22.8. The molecule has 324 valence electrons. The maximum atomic E-state index is 13.2. The molecule has 0 aliphatic rings. The Labute approximate surface area is 426 Å². The number of azo groups is 2. The number of amidine groups is 1. The standard InChI is InChI=1S/C37H32N6O15S4.4Li/c1-19-9-31(33(57-3)17-29(19)42-40-23-7-5-21-11-25(59(45,46)47)15-35(27(21)13-23)61(51,52)53)38-37(44)39-32-10-20(2)30(18-34(32)58-4)43-41-24-8-6-22-12-26(60(48,49)50)16-36(28(22)14-24)62(54,55)56;;;;/h5-18H,1-4H3,(H2,38,39,44)(H,45,46,47)(H,48,49,50)(H,51,52,53)(H,54,55,56);;;;/q;4*+1/p-4. The van der Waals surface area contributed by atoms with Crippen LogP contribution in [0, 0.1) is 13.8 Å². The molecule has 0 aliphatic heterocycles. The number of anilines is 1. The van der Waals surface area contributed by atoms with Gasteiger partial charge in [0.15, 0.2) is 0 Å². The fourth-order valence-corrected chi connectivity index (χ4v) is 8.62. The van der Waals surface area contributed by atoms with E-state index in [0.717, 1.165) is 12.1 Å². The second-order valence-corrected chi connectivity index (χ2v) is 18.6. The van der Waals surface area contributed by atoms with Crippen molar-refractivity contribution < 1.29 is 142 Å². The molecule has 6 aromatic carbocycles. The zero-order valence-electron chi connectivity index (χ0n) is 36.1. The van der Waals surface area contributed by atoms with E-state index in [4.69, 9.17) is 9.47 Å². The van der Waals surface area contributed by atoms with Gasteiger partial charge in [-0.05, 0) is 96.4 Å². The van der Waals surface area contributed by atoms with E-state index in [0.29, 0.717) is 23.3 Å². The van der Waals surface area contributed by atoms with E-state index in [2.05, 4.69) is 30.8 Å². The van der Waals surface area contributed by atoms with E-state index in [1.807, 2.05) is 0 Å². The maximum absolute atomic E-state index is 13.2. The Balaban J connectivity index is 0.00000374. The summed E-state index contributed by atoms with van der Waals surface area (Å²) < 4.78 is 150. The smallest absolute Gasteiger partial charge is 0.846 e. The minimum absolute atomic E-state index is 0. The molecule has 0 unspecified atom stereocenters. The Morgan fingerprint density at radius 3 is 1.42 bits per heavy atom. The number of fused-ring (bicyclic) bond motifs is 2. The summed E-state index contributed by atoms with van der Waals surface area (Å²) in [6.45, 7) is 3.27. The van der Waals surface area contributed by atoms with Crippen LogP contribution in [0.2, 0.25) is 0 Å². The molecule has 2 N–H and O–H groups in total. The van der Waals surface area contributed by atoms with Crippen molar-refractivity contribution >= 4 is 102 Å². The number of rotatable bonds is 12. The van der Waals surface area contributed by atoms with E-state index < -0.39 is 66.1 Å². The maximum Gasteiger partial charge on any atom is 1.00 e. The molecule has 0 radical (unpaired) electrons. The second-order valence-electron chi connectivity index (χ2n) is 13.1. The molecule has 29 heteroatoms. The molecule has 6 rings (SSSR count). The van der Waals surface area contributed by atoms with Gasteiger partial charge in [-0.25, -0.2) is 30.2 Å². The van der Waals surface area contributed by atoms with Crippen molar-refractivity contribution in [3.63, 3.8) is 0 Å². The predicted octanol–water partition coefficient (Wildman–Crippen LogP) is -6.11. The zero-order chi connectivity index (χ0) is 45.5. The van der Waals surface area contributed by atoms with E-state index in [1.54, 1.807) is 13.8 Å². The largest absolute Gasteiger partial charge is 1.00 e. The topological polar surface area (TPSA) is 341 Å². The molecule has 6 aromatic rings. The molecule has 0 saturated heterocycles. The van der Waals surface area contributed by atoms with E-state index in [1.165, 1.54) is 74.9 Å². The molecule has 0 fully saturated rings. The molecular weight excluding hydrogens is 924 g/mol. The van der Waals surface area contributed by atoms with Crippen LogP contribution in [0.25, 0.3) is 21.5 Å². The predicted molar refractivity (Wildman–Crippen MR) is 216 cm³/mol. The van der Waals surface area contributed by atoms with Crippen molar-refractivity contribution in [2.24, 2.45) is 25.4 Å². The van der Waals surface area contributed by atoms with Gasteiger partial charge in [-0.2, -0.15) is 28.9 Å². The van der Waals surface area contributed by atoms with Gasteiger partial charge in [-0.15, -0.1) is 0 Å². The molecule has 21 nitrogen and oxygen atoms in total. The molecule has 0 saturated carbocycles. The Hall–Kier alpha value is -4.06. The van der Waals surface area contributed by atoms with Gasteiger partial charge in [0.1, 0.15) is 52.4 Å². The second kappa shape index (κ2) is 22.4. The van der Waals surface area contributed by atoms with Gasteiger partial charge in [0.25, 0.3) is 10.1 Å². The number of methoxy groups -OCH3 is 2. The molecule has 0 bridgehead atoms. The number of nitrogens with zero attached hydrogens (tertiary/aromatic N) is 5. The van der Waals surface area contributed by atoms with Crippen LogP contribution in [-0.2, 0) is 40.5 Å². The minimum atomic E-state index is -5.22. The molecular formula is C37H28Li4N6O15S4. The monoisotopic (exact) mass is 952 g/mol. The molecule has 0 amide bonds. The number of aliphatic imine (C=N–C) groups is 1. The summed E-state index contributed by atoms with van der Waals surface area (Å²) in [7, 11) is -17.7. The number of aryl methyl sites for hydroxylation is 2. The average Bonchev–Trinajstić information content (AvgIpc) is 3.17. The number of hydrogen-bond donors (Lipinski definition) is 2. The Morgan fingerprint density at radius 2 is 0.985 bits per heavy atom. The van der Waals surface area contributed by atoms with Gasteiger partial charge in [0.05, 0.1) is 63.4 Å². The summed E-state index contributed by atoms with van der Waals surface area (Å²) in [5.41, 5.74) is 1.84. The summed E-state index contributed by atoms with van der Waals surface area (Å²) in [5.74, 6) is 0.228. The van der Waals surface area contributed by atoms with Gasteiger partial charge >= 0.3 is 75.4 Å². The first-order valence-electron chi connectivity index (χ1n) is 17.1. The van der Waals surface area contributed by atoms with Gasteiger partial charge in [0.2, 0.25) is 0 Å². The number of ether oxygens (including phenoxy) is 2. The van der Waals surface area contributed by atoms with Gasteiger partial charge < -0.3 is 33.6 Å². The van der Waals surface area contributed by atoms with Crippen LogP contribution in [0.5, 0.6) is 11.5 Å². The molecule has 0 spiro atoms. The first-order chi connectivity index (χ1) is 28.8. The van der Waals surface area contributed by atoms with Crippen LogP contribution in [0.15, 0.2) is 130 Å². The van der Waals surface area contributed by atoms with Crippen LogP contribution in [0.3, 0.4) is 0 Å². The van der Waals surface area contributed by atoms with Crippen LogP contribution < -0.4 is 95.3 Å². The fourth-order valence-electron chi connectivity index (χ4n) is 5.95. The van der Waals surface area contributed by atoms with Crippen molar-refractivity contribution in [1.82, 2.24) is 0 Å². The molecule has 0 atom stereocenters.